The number of phosphoric ester groups is 1. The second kappa shape index (κ2) is 23.3. The first-order chi connectivity index (χ1) is 35.9. The van der Waals surface area contributed by atoms with Crippen LogP contribution in [0.1, 0.15) is 60.7 Å². The van der Waals surface area contributed by atoms with E-state index >= 15 is 0 Å². The van der Waals surface area contributed by atoms with Crippen molar-refractivity contribution in [3.8, 4) is 11.5 Å². The molecule has 1 aromatic heterocycles. The lowest BCUT2D eigenvalue weighted by Crippen LogP contribution is -2.46. The molecule has 8 N–H and O–H groups in total. The highest BCUT2D eigenvalue weighted by Gasteiger charge is 2.39. The van der Waals surface area contributed by atoms with E-state index in [0.29, 0.717) is 58.2 Å². The van der Waals surface area contributed by atoms with Gasteiger partial charge in [0.05, 0.1) is 21.1 Å². The van der Waals surface area contributed by atoms with Crippen molar-refractivity contribution in [2.45, 2.75) is 37.3 Å². The van der Waals surface area contributed by atoms with Gasteiger partial charge in [-0.1, -0.05) is 60.7 Å². The number of urea groups is 1. The number of anilines is 3. The van der Waals surface area contributed by atoms with Crippen LogP contribution >= 0.6 is 42.4 Å². The molecule has 20 nitrogen and oxygen atoms in total. The number of hydrogen-bond donors (Lipinski definition) is 6. The number of halogens is 2. The average molecular weight is 1100 g/mol. The Morgan fingerprint density at radius 1 is 0.760 bits per heavy atom. The molecule has 0 fully saturated rings. The maximum absolute atomic E-state index is 14.6. The summed E-state index contributed by atoms with van der Waals surface area (Å²) in [7, 11) is -1.94. The summed E-state index contributed by atoms with van der Waals surface area (Å²) in [5.41, 5.74) is 14.2. The summed E-state index contributed by atoms with van der Waals surface area (Å²) in [4.78, 5) is 105. The monoisotopic (exact) mass is 1100 g/mol. The summed E-state index contributed by atoms with van der Waals surface area (Å²) >= 11 is 14.0. The predicted molar refractivity (Wildman–Crippen MR) is 286 cm³/mol. The number of primary amides is 1. The third kappa shape index (κ3) is 12.1. The lowest BCUT2D eigenvalue weighted by Gasteiger charge is -2.23. The van der Waals surface area contributed by atoms with Gasteiger partial charge < -0.3 is 55.7 Å². The second-order valence-corrected chi connectivity index (χ2v) is 20.8. The summed E-state index contributed by atoms with van der Waals surface area (Å²) in [5, 5.41) is 7.55. The zero-order chi connectivity index (χ0) is 53.7. The number of phosphoric acid groups is 1. The van der Waals surface area contributed by atoms with Crippen LogP contribution in [0.25, 0.3) is 21.5 Å². The Labute approximate surface area is 444 Å². The number of benzene rings is 5. The van der Waals surface area contributed by atoms with Crippen LogP contribution in [0.3, 0.4) is 0 Å². The SMILES string of the molecule is CN(CCN(C)C(=O)Oc1cc2c(c3ccccc13)[C@H](CCl)CN2C(=O)c1ccc(C(=O)N2C[C@@H](CCl)c3c2cc(OP(=O)(O)O)c2ccccc32)s1)C(=O)OCc1ccc(NC(=O)C(CCCN)NC(N)=O)cc1. The third-order valence-electron chi connectivity index (χ3n) is 12.9. The van der Waals surface area contributed by atoms with Crippen LogP contribution in [0, 0.1) is 0 Å². The minimum atomic E-state index is -4.98. The maximum atomic E-state index is 14.6. The molecule has 0 spiro atoms. The largest absolute Gasteiger partial charge is 0.524 e. The molecule has 75 heavy (non-hydrogen) atoms. The Morgan fingerprint density at radius 2 is 1.27 bits per heavy atom. The van der Waals surface area contributed by atoms with Crippen molar-refractivity contribution >= 4 is 117 Å². The van der Waals surface area contributed by atoms with E-state index in [4.69, 9.17) is 48.7 Å². The first kappa shape index (κ1) is 54.3. The number of likely N-dealkylation sites (N-methyl/N-ethyl adjacent to an activating group) is 2. The van der Waals surface area contributed by atoms with Crippen molar-refractivity contribution in [2.75, 3.05) is 73.7 Å². The standard InChI is InChI=1S/C51H53Cl2N8O12PS/c1-58(50(66)71-28-29-13-15-32(16-14-29)56-46(62)37(12-7-19-54)57-49(55)65)20-21-59(2)51(67)72-40-22-38-44(35-10-5-3-8-33(35)40)30(24-52)26-60(38)47(63)42-17-18-43(75-42)48(64)61-27-31(25-53)45-36-11-6-4-9-34(36)41(23-39(45)61)73-74(68,69)70/h3-6,8-11,13-18,22-23,30-31,37H,7,12,19-21,24-28,54H2,1-2H3,(H,56,62)(H3,55,57,65)(H2,68,69,70)/t30-,31-,37?/m1/s1. The fourth-order valence-electron chi connectivity index (χ4n) is 9.17. The molecule has 6 aromatic rings. The minimum Gasteiger partial charge on any atom is -0.445 e. The van der Waals surface area contributed by atoms with Crippen LogP contribution in [-0.4, -0.2) is 120 Å². The fraction of sp³-hybridized carbons (Fsp3) is 0.294. The molecule has 5 aromatic carbocycles. The van der Waals surface area contributed by atoms with Crippen molar-refractivity contribution in [3.63, 3.8) is 0 Å². The van der Waals surface area contributed by atoms with Crippen LogP contribution < -0.4 is 41.2 Å². The fourth-order valence-corrected chi connectivity index (χ4v) is 11.0. The van der Waals surface area contributed by atoms with E-state index in [0.717, 1.165) is 27.8 Å². The number of alkyl halides is 2. The highest BCUT2D eigenvalue weighted by molar-refractivity contribution is 7.46. The van der Waals surface area contributed by atoms with Crippen LogP contribution in [0.2, 0.25) is 0 Å². The number of fused-ring (bicyclic) bond motifs is 6. The van der Waals surface area contributed by atoms with Gasteiger partial charge in [-0.25, -0.2) is 18.9 Å². The highest BCUT2D eigenvalue weighted by Crippen LogP contribution is 2.50. The lowest BCUT2D eigenvalue weighted by molar-refractivity contribution is -0.118. The lowest BCUT2D eigenvalue weighted by atomic mass is 9.95. The Hall–Kier alpha value is -6.97. The smallest absolute Gasteiger partial charge is 0.445 e. The van der Waals surface area contributed by atoms with Crippen molar-refractivity contribution in [1.29, 1.82) is 0 Å². The molecule has 3 heterocycles. The van der Waals surface area contributed by atoms with Crippen LogP contribution in [0.4, 0.5) is 31.4 Å². The Bertz CT molecular complexity index is 3230. The molecule has 24 heteroatoms. The molecule has 2 aliphatic heterocycles. The van der Waals surface area contributed by atoms with Gasteiger partial charge in [-0.05, 0) is 71.1 Å². The van der Waals surface area contributed by atoms with Gasteiger partial charge in [0, 0.05) is 92.5 Å². The second-order valence-electron chi connectivity index (χ2n) is 17.9. The zero-order valence-corrected chi connectivity index (χ0v) is 43.8. The van der Waals surface area contributed by atoms with Crippen molar-refractivity contribution in [3.05, 3.63) is 124 Å². The first-order valence-corrected chi connectivity index (χ1v) is 27.0. The number of nitrogens with zero attached hydrogens (tertiary/aromatic N) is 4. The summed E-state index contributed by atoms with van der Waals surface area (Å²) < 4.78 is 28.6. The van der Waals surface area contributed by atoms with E-state index in [1.54, 1.807) is 83.8 Å². The van der Waals surface area contributed by atoms with Crippen molar-refractivity contribution < 1.29 is 57.1 Å². The Kier molecular flexibility index (Phi) is 16.9. The van der Waals surface area contributed by atoms with Gasteiger partial charge in [-0.2, -0.15) is 0 Å². The van der Waals surface area contributed by atoms with Gasteiger partial charge in [0.2, 0.25) is 5.91 Å². The summed E-state index contributed by atoms with van der Waals surface area (Å²) in [6.07, 6.45) is -0.575. The van der Waals surface area contributed by atoms with E-state index in [1.165, 1.54) is 34.9 Å². The van der Waals surface area contributed by atoms with E-state index in [2.05, 4.69) is 10.6 Å². The predicted octanol–water partition coefficient (Wildman–Crippen LogP) is 7.91. The van der Waals surface area contributed by atoms with Gasteiger partial charge in [-0.15, -0.1) is 34.5 Å². The molecular weight excluding hydrogens is 1050 g/mol. The number of nitrogens with two attached hydrogens (primary N) is 2. The topological polar surface area (TPSA) is 277 Å². The van der Waals surface area contributed by atoms with Gasteiger partial charge in [0.25, 0.3) is 11.8 Å². The normalized spacial score (nSPS) is 15.2. The van der Waals surface area contributed by atoms with Gasteiger partial charge in [0.15, 0.2) is 0 Å². The van der Waals surface area contributed by atoms with E-state index in [-0.39, 0.29) is 77.6 Å². The van der Waals surface area contributed by atoms with E-state index in [1.807, 2.05) is 12.1 Å². The molecule has 1 unspecified atom stereocenters. The minimum absolute atomic E-state index is 0.0609. The molecule has 7 amide bonds. The van der Waals surface area contributed by atoms with Crippen LogP contribution in [0.5, 0.6) is 11.5 Å². The molecule has 0 aliphatic carbocycles. The maximum Gasteiger partial charge on any atom is 0.524 e. The summed E-state index contributed by atoms with van der Waals surface area (Å²) in [5.74, 6) is -1.51. The van der Waals surface area contributed by atoms with Gasteiger partial charge in [0.1, 0.15) is 24.1 Å². The van der Waals surface area contributed by atoms with Crippen molar-refractivity contribution in [2.24, 2.45) is 11.5 Å². The molecule has 0 saturated heterocycles. The molecule has 0 saturated carbocycles. The van der Waals surface area contributed by atoms with Gasteiger partial charge >= 0.3 is 26.0 Å². The third-order valence-corrected chi connectivity index (χ3v) is 15.1. The Balaban J connectivity index is 0.923. The molecule has 394 valence electrons. The zero-order valence-electron chi connectivity index (χ0n) is 40.6. The van der Waals surface area contributed by atoms with E-state index < -0.39 is 49.8 Å². The van der Waals surface area contributed by atoms with Gasteiger partial charge in [-0.3, -0.25) is 24.2 Å². The molecule has 8 rings (SSSR count). The number of thiophene rings is 1. The number of carbonyl (C=O) groups excluding carboxylic acids is 6. The number of hydrogen-bond acceptors (Lipinski definition) is 12. The molecule has 0 bridgehead atoms. The Morgan fingerprint density at radius 3 is 1.77 bits per heavy atom. The summed E-state index contributed by atoms with van der Waals surface area (Å²) in [6.45, 7) is 0.771. The first-order valence-electron chi connectivity index (χ1n) is 23.6. The van der Waals surface area contributed by atoms with Crippen LogP contribution in [0.15, 0.2) is 97.1 Å². The quantitative estimate of drug-likeness (QED) is 0.0353. The van der Waals surface area contributed by atoms with Crippen molar-refractivity contribution in [1.82, 2.24) is 15.1 Å². The van der Waals surface area contributed by atoms with E-state index in [9.17, 15) is 43.1 Å². The number of ether oxygens (including phenoxy) is 2. The number of carbonyl (C=O) groups is 6. The average Bonchev–Trinajstić information content (AvgIpc) is 4.14. The number of nitrogens with one attached hydrogen (secondary N) is 2. The molecular formula is C51H53Cl2N8O12PS. The highest BCUT2D eigenvalue weighted by atomic mass is 35.5. The van der Waals surface area contributed by atoms with Crippen LogP contribution in [-0.2, 0) is 20.7 Å². The molecule has 3 atom stereocenters. The molecule has 0 radical (unpaired) electrons. The number of rotatable bonds is 18. The summed E-state index contributed by atoms with van der Waals surface area (Å²) in [6, 6.07) is 25.3. The molecule has 2 aliphatic rings. The number of amides is 7.